The molecule has 0 saturated heterocycles. The molecule has 0 bridgehead atoms. The van der Waals surface area contributed by atoms with Gasteiger partial charge in [-0.05, 0) is 10.4 Å². The van der Waals surface area contributed by atoms with Gasteiger partial charge in [0.2, 0.25) is 0 Å². The van der Waals surface area contributed by atoms with Crippen LogP contribution in [0, 0.1) is 17.9 Å². The van der Waals surface area contributed by atoms with Crippen molar-refractivity contribution in [2.24, 2.45) is 0 Å². The van der Waals surface area contributed by atoms with Crippen molar-refractivity contribution in [3.05, 3.63) is 46.1 Å². The first-order valence-electron chi connectivity index (χ1n) is 6.38. The number of benzene rings is 1. The summed E-state index contributed by atoms with van der Waals surface area (Å²) < 4.78 is 12.9. The molecule has 0 saturated carbocycles. The fourth-order valence-electron chi connectivity index (χ4n) is 1.25. The normalized spacial score (nSPS) is 9.20. The summed E-state index contributed by atoms with van der Waals surface area (Å²) in [5.41, 5.74) is -0.771. The van der Waals surface area contributed by atoms with Crippen LogP contribution in [0.2, 0.25) is 0 Å². The molecule has 6 nitrogen and oxygen atoms in total. The first-order valence-corrected chi connectivity index (χ1v) is 5.56. The van der Waals surface area contributed by atoms with E-state index in [4.69, 9.17) is 14.7 Å². The number of carboxylic acid groups (broad SMARTS) is 2. The maximum atomic E-state index is 11.2. The van der Waals surface area contributed by atoms with Gasteiger partial charge in [-0.1, -0.05) is 38.1 Å². The first-order chi connectivity index (χ1) is 10.6. The molecule has 0 amide bonds. The van der Waals surface area contributed by atoms with Crippen LogP contribution in [0.4, 0.5) is 0 Å². The summed E-state index contributed by atoms with van der Waals surface area (Å²) in [6.07, 6.45) is 0. The third-order valence-electron chi connectivity index (χ3n) is 2.07. The first kappa shape index (κ1) is 13.3. The Labute approximate surface area is 118 Å². The molecular formula is C14H12N2O4. The van der Waals surface area contributed by atoms with Crippen molar-refractivity contribution in [2.45, 2.75) is 13.8 Å². The lowest BCUT2D eigenvalue weighted by atomic mass is 10.1. The largest absolute Gasteiger partial charge is 0.486 e. The fourth-order valence-corrected chi connectivity index (χ4v) is 1.25. The van der Waals surface area contributed by atoms with Crippen LogP contribution in [0.15, 0.2) is 24.3 Å². The van der Waals surface area contributed by atoms with Gasteiger partial charge in [0, 0.05) is 0 Å². The van der Waals surface area contributed by atoms with Crippen LogP contribution in [-0.4, -0.2) is 22.2 Å². The van der Waals surface area contributed by atoms with Crippen molar-refractivity contribution in [1.29, 1.82) is 8.12 Å². The number of rotatable bonds is 2. The Hall–Kier alpha value is -3.12. The van der Waals surface area contributed by atoms with Crippen molar-refractivity contribution in [1.82, 2.24) is 0 Å². The van der Waals surface area contributed by atoms with Crippen LogP contribution in [-0.2, 0) is 9.59 Å². The molecule has 0 aliphatic heterocycles. The molecule has 1 aromatic rings. The third-order valence-corrected chi connectivity index (χ3v) is 2.07. The molecule has 0 heterocycles. The lowest BCUT2D eigenvalue weighted by molar-refractivity contribution is -0.131. The number of nitriles is 1. The molecule has 6 heteroatoms. The third kappa shape index (κ3) is 3.97. The second-order valence-corrected chi connectivity index (χ2v) is 3.10. The van der Waals surface area contributed by atoms with Gasteiger partial charge < -0.3 is 10.2 Å². The Balaban J connectivity index is 0.00000211. The van der Waals surface area contributed by atoms with Crippen LogP contribution in [0.3, 0.4) is 0 Å². The van der Waals surface area contributed by atoms with Crippen LogP contribution >= 0.6 is 0 Å². The molecule has 0 spiro atoms. The van der Waals surface area contributed by atoms with Crippen molar-refractivity contribution in [2.75, 3.05) is 0 Å². The average Bonchev–Trinajstić information content (AvgIpc) is 2.58. The predicted molar refractivity (Wildman–Crippen MR) is 71.3 cm³/mol. The smallest absolute Gasteiger partial charge is 0.347 e. The molecule has 0 fully saturated rings. The highest BCUT2D eigenvalue weighted by atomic mass is 16.4. The zero-order valence-electron chi connectivity index (χ0n) is 12.8. The van der Waals surface area contributed by atoms with E-state index in [1.54, 1.807) is 6.07 Å². The number of aliphatic carboxylic acids is 2. The summed E-state index contributed by atoms with van der Waals surface area (Å²) in [6.45, 7) is 10.9. The van der Waals surface area contributed by atoms with Crippen LogP contribution in [0.25, 0.3) is 19.0 Å². The Bertz CT molecular complexity index is 672. The van der Waals surface area contributed by atoms with Gasteiger partial charge in [0.25, 0.3) is 8.56 Å². The Kier molecular flexibility index (Phi) is 5.37. The minimum absolute atomic E-state index is 0.178. The number of hydrogen-bond acceptors (Lipinski definition) is 5. The summed E-state index contributed by atoms with van der Waals surface area (Å²) in [5.74, 6) is -2.22. The van der Waals surface area contributed by atoms with Gasteiger partial charge in [-0.2, -0.15) is 5.26 Å². The van der Waals surface area contributed by atoms with Gasteiger partial charge in [0.05, 0.1) is 6.57 Å². The lowest BCUT2D eigenvalue weighted by Gasteiger charge is -1.93. The van der Waals surface area contributed by atoms with Crippen molar-refractivity contribution in [3.63, 3.8) is 0 Å². The predicted octanol–water partition coefficient (Wildman–Crippen LogP) is 0.584. The summed E-state index contributed by atoms with van der Waals surface area (Å²) >= 11 is 0. The van der Waals surface area contributed by atoms with Crippen molar-refractivity contribution in [3.8, 4) is 6.07 Å². The van der Waals surface area contributed by atoms with E-state index in [9.17, 15) is 9.59 Å². The minimum Gasteiger partial charge on any atom is -0.486 e. The SMILES string of the molecule is CC.[2H]OC(=O)C(C#N)=c1ccc(=C([N+]#[C-])C(=O)O[2H])cc1. The van der Waals surface area contributed by atoms with Gasteiger partial charge in [-0.25, -0.2) is 9.64 Å². The molecule has 1 rings (SSSR count). The molecule has 0 aliphatic carbocycles. The van der Waals surface area contributed by atoms with Gasteiger partial charge >= 0.3 is 11.9 Å². The molecular weight excluding hydrogens is 260 g/mol. The quantitative estimate of drug-likeness (QED) is 0.768. The van der Waals surface area contributed by atoms with E-state index < -0.39 is 17.6 Å². The number of nitrogens with zero attached hydrogens (tertiary/aromatic N) is 2. The Morgan fingerprint density at radius 3 is 2.10 bits per heavy atom. The molecule has 0 aromatic heterocycles. The van der Waals surface area contributed by atoms with Crippen LogP contribution in [0.1, 0.15) is 13.8 Å². The van der Waals surface area contributed by atoms with E-state index in [0.717, 1.165) is 0 Å². The van der Waals surface area contributed by atoms with E-state index in [1.807, 2.05) is 13.8 Å². The minimum atomic E-state index is -1.11. The monoisotopic (exact) mass is 274 g/mol. The summed E-state index contributed by atoms with van der Waals surface area (Å²) in [7, 11) is 0. The van der Waals surface area contributed by atoms with Crippen LogP contribution < -0.4 is 10.4 Å². The van der Waals surface area contributed by atoms with E-state index in [2.05, 4.69) is 15.1 Å². The van der Waals surface area contributed by atoms with E-state index in [-0.39, 0.29) is 16.0 Å². The highest BCUT2D eigenvalue weighted by molar-refractivity contribution is 6.14. The zero-order chi connectivity index (χ0) is 17.1. The fraction of sp³-hybridized carbons (Fsp3) is 0.143. The molecule has 0 atom stereocenters. The molecule has 102 valence electrons. The Morgan fingerprint density at radius 2 is 1.70 bits per heavy atom. The standard InChI is InChI=1S/C12H6N2O4.C2H6/c1-14-10(12(17)18)8-4-2-7(3-5-8)9(6-13)11(15)16;1-2/h2-5H,(H,15,16)(H,17,18);1-2H3/i/hD2. The summed E-state index contributed by atoms with van der Waals surface area (Å²) in [5, 5.41) is 16.6. The van der Waals surface area contributed by atoms with Gasteiger partial charge in [-0.15, -0.1) is 0 Å². The maximum absolute atomic E-state index is 11.2. The summed E-state index contributed by atoms with van der Waals surface area (Å²) in [4.78, 5) is 25.3. The highest BCUT2D eigenvalue weighted by Crippen LogP contribution is 1.94. The number of hydrogen-bond donors (Lipinski definition) is 2. The maximum Gasteiger partial charge on any atom is 0.347 e. The number of carbonyl (C=O) groups is 2. The van der Waals surface area contributed by atoms with E-state index in [0.29, 0.717) is 0 Å². The molecule has 0 unspecified atom stereocenters. The highest BCUT2D eigenvalue weighted by Gasteiger charge is 2.09. The van der Waals surface area contributed by atoms with Crippen molar-refractivity contribution < 1.29 is 19.8 Å². The molecule has 20 heavy (non-hydrogen) atoms. The number of carboxylic acids is 2. The van der Waals surface area contributed by atoms with Gasteiger partial charge in [0.1, 0.15) is 11.6 Å². The average molecular weight is 274 g/mol. The van der Waals surface area contributed by atoms with Crippen LogP contribution in [0.5, 0.6) is 0 Å². The van der Waals surface area contributed by atoms with Gasteiger partial charge in [-0.3, -0.25) is 4.79 Å². The van der Waals surface area contributed by atoms with E-state index in [1.165, 1.54) is 24.3 Å². The second kappa shape index (κ2) is 8.06. The summed E-state index contributed by atoms with van der Waals surface area (Å²) in [6, 6.07) is 6.85. The molecule has 0 radical (unpaired) electrons. The molecule has 2 N–H and O–H groups in total. The lowest BCUT2D eigenvalue weighted by Crippen LogP contribution is -2.17. The van der Waals surface area contributed by atoms with Crippen molar-refractivity contribution >= 4 is 23.2 Å². The van der Waals surface area contributed by atoms with Gasteiger partial charge in [0.15, 0.2) is 0 Å². The topological polar surface area (TPSA) is 103 Å². The van der Waals surface area contributed by atoms with E-state index >= 15 is 0 Å². The zero-order valence-corrected chi connectivity index (χ0v) is 10.8. The Morgan fingerprint density at radius 1 is 1.20 bits per heavy atom. The molecule has 0 aliphatic rings. The second-order valence-electron chi connectivity index (χ2n) is 3.10. The molecule has 1 aromatic carbocycles.